The first-order chi connectivity index (χ1) is 13.0. The lowest BCUT2D eigenvalue weighted by Crippen LogP contribution is -2.39. The topological polar surface area (TPSA) is 78.7 Å². The number of hydrogen-bond acceptors (Lipinski definition) is 3. The molecule has 2 aromatic rings. The minimum Gasteiger partial charge on any atom is -0.356 e. The maximum atomic E-state index is 11.6. The lowest BCUT2D eigenvalue weighted by Gasteiger charge is -2.18. The lowest BCUT2D eigenvalue weighted by atomic mass is 10.2. The Labute approximate surface area is 185 Å². The van der Waals surface area contributed by atoms with Gasteiger partial charge < -0.3 is 15.2 Å². The van der Waals surface area contributed by atoms with Crippen molar-refractivity contribution in [2.75, 3.05) is 39.5 Å². The number of nitrogens with one attached hydrogen (secondary N) is 2. The number of guanidine groups is 1. The van der Waals surface area contributed by atoms with Gasteiger partial charge in [0, 0.05) is 51.5 Å². The van der Waals surface area contributed by atoms with Crippen molar-refractivity contribution < 1.29 is 8.42 Å². The summed E-state index contributed by atoms with van der Waals surface area (Å²) in [7, 11) is -1.38. The number of halogens is 1. The Morgan fingerprint density at radius 1 is 1.14 bits per heavy atom. The fraction of sp³-hybridized carbons (Fsp3) is 0.526. The molecule has 1 heterocycles. The average molecular weight is 521 g/mol. The van der Waals surface area contributed by atoms with Gasteiger partial charge in [0.2, 0.25) is 10.0 Å². The second kappa shape index (κ2) is 12.3. The molecule has 0 spiro atoms. The highest BCUT2D eigenvalue weighted by atomic mass is 127. The Morgan fingerprint density at radius 3 is 2.46 bits per heavy atom. The molecule has 0 fully saturated rings. The van der Waals surface area contributed by atoms with Crippen LogP contribution in [0.3, 0.4) is 0 Å². The fourth-order valence-corrected chi connectivity index (χ4v) is 3.96. The number of para-hydroxylation sites is 1. The van der Waals surface area contributed by atoms with E-state index in [4.69, 9.17) is 0 Å². The summed E-state index contributed by atoms with van der Waals surface area (Å²) in [6.45, 7) is 5.30. The van der Waals surface area contributed by atoms with Gasteiger partial charge in [-0.1, -0.05) is 25.1 Å². The summed E-state index contributed by atoms with van der Waals surface area (Å²) in [6.07, 6.45) is 5.09. The van der Waals surface area contributed by atoms with Crippen LogP contribution in [0.5, 0.6) is 0 Å². The van der Waals surface area contributed by atoms with Gasteiger partial charge in [-0.05, 0) is 30.4 Å². The van der Waals surface area contributed by atoms with Crippen LogP contribution >= 0.6 is 24.0 Å². The van der Waals surface area contributed by atoms with Gasteiger partial charge in [-0.3, -0.25) is 4.99 Å². The van der Waals surface area contributed by atoms with Gasteiger partial charge in [0.25, 0.3) is 0 Å². The molecule has 0 saturated heterocycles. The largest absolute Gasteiger partial charge is 0.356 e. The van der Waals surface area contributed by atoms with E-state index < -0.39 is 10.0 Å². The van der Waals surface area contributed by atoms with Crippen LogP contribution in [0.25, 0.3) is 10.9 Å². The van der Waals surface area contributed by atoms with E-state index in [9.17, 15) is 8.42 Å². The summed E-state index contributed by atoms with van der Waals surface area (Å²) >= 11 is 0. The van der Waals surface area contributed by atoms with Crippen LogP contribution in [0.2, 0.25) is 0 Å². The monoisotopic (exact) mass is 521 g/mol. The van der Waals surface area contributed by atoms with E-state index >= 15 is 0 Å². The van der Waals surface area contributed by atoms with E-state index in [0.29, 0.717) is 19.6 Å². The lowest BCUT2D eigenvalue weighted by molar-refractivity contribution is 0.424. The van der Waals surface area contributed by atoms with E-state index in [0.717, 1.165) is 31.9 Å². The van der Waals surface area contributed by atoms with Crippen molar-refractivity contribution in [3.05, 3.63) is 36.5 Å². The van der Waals surface area contributed by atoms with Crippen molar-refractivity contribution >= 4 is 50.9 Å². The summed E-state index contributed by atoms with van der Waals surface area (Å²) < 4.78 is 26.9. The van der Waals surface area contributed by atoms with E-state index in [1.807, 2.05) is 6.92 Å². The molecule has 9 heteroatoms. The van der Waals surface area contributed by atoms with Crippen LogP contribution in [0.4, 0.5) is 0 Å². The third-order valence-corrected chi connectivity index (χ3v) is 5.85. The van der Waals surface area contributed by atoms with Crippen molar-refractivity contribution in [2.24, 2.45) is 4.99 Å². The molecule has 0 saturated carbocycles. The second-order valence-electron chi connectivity index (χ2n) is 6.46. The molecule has 0 atom stereocenters. The summed E-state index contributed by atoms with van der Waals surface area (Å²) in [5.74, 6) is 0.745. The highest BCUT2D eigenvalue weighted by molar-refractivity contribution is 14.0. The molecule has 7 nitrogen and oxygen atoms in total. The van der Waals surface area contributed by atoms with Crippen molar-refractivity contribution in [1.29, 1.82) is 0 Å². The molecule has 0 bridgehead atoms. The fourth-order valence-electron chi connectivity index (χ4n) is 3.03. The average Bonchev–Trinajstić information content (AvgIpc) is 3.05. The van der Waals surface area contributed by atoms with Gasteiger partial charge in [0.15, 0.2) is 5.96 Å². The molecule has 1 aromatic heterocycles. The molecular weight excluding hydrogens is 489 g/mol. The minimum atomic E-state index is -3.12. The SMILES string of the molecule is CCN(CCCNC(=NC)NCCCn1ccc2ccccc21)S(C)(=O)=O.I. The molecule has 0 aliphatic heterocycles. The molecule has 2 N–H and O–H groups in total. The molecule has 2 rings (SSSR count). The number of nitrogens with zero attached hydrogens (tertiary/aromatic N) is 3. The number of aliphatic imine (C=N–C) groups is 1. The third-order valence-electron chi connectivity index (χ3n) is 4.47. The smallest absolute Gasteiger partial charge is 0.211 e. The summed E-state index contributed by atoms with van der Waals surface area (Å²) in [6, 6.07) is 10.5. The van der Waals surface area contributed by atoms with Crippen LogP contribution in [0, 0.1) is 0 Å². The van der Waals surface area contributed by atoms with Crippen molar-refractivity contribution in [3.8, 4) is 0 Å². The number of hydrogen-bond donors (Lipinski definition) is 2. The van der Waals surface area contributed by atoms with E-state index in [1.165, 1.54) is 21.5 Å². The van der Waals surface area contributed by atoms with Gasteiger partial charge in [0.05, 0.1) is 6.26 Å². The maximum absolute atomic E-state index is 11.6. The highest BCUT2D eigenvalue weighted by Crippen LogP contribution is 2.15. The van der Waals surface area contributed by atoms with E-state index in [-0.39, 0.29) is 24.0 Å². The van der Waals surface area contributed by atoms with Gasteiger partial charge in [0.1, 0.15) is 0 Å². The zero-order valence-electron chi connectivity index (χ0n) is 16.9. The Kier molecular flexibility index (Phi) is 10.8. The maximum Gasteiger partial charge on any atom is 0.211 e. The quantitative estimate of drug-likeness (QED) is 0.218. The van der Waals surface area contributed by atoms with Crippen LogP contribution in [0.15, 0.2) is 41.5 Å². The normalized spacial score (nSPS) is 12.2. The van der Waals surface area contributed by atoms with E-state index in [1.54, 1.807) is 7.05 Å². The number of sulfonamides is 1. The molecule has 0 radical (unpaired) electrons. The van der Waals surface area contributed by atoms with E-state index in [2.05, 4.69) is 56.7 Å². The number of benzene rings is 1. The number of aromatic nitrogens is 1. The second-order valence-corrected chi connectivity index (χ2v) is 8.44. The van der Waals surface area contributed by atoms with Crippen LogP contribution in [0.1, 0.15) is 19.8 Å². The molecule has 1 aromatic carbocycles. The van der Waals surface area contributed by atoms with Crippen LogP contribution in [-0.2, 0) is 16.6 Å². The van der Waals surface area contributed by atoms with Crippen LogP contribution in [-0.4, -0.2) is 62.7 Å². The number of fused-ring (bicyclic) bond motifs is 1. The first-order valence-electron chi connectivity index (χ1n) is 9.39. The Morgan fingerprint density at radius 2 is 1.82 bits per heavy atom. The molecule has 0 unspecified atom stereocenters. The Hall–Kier alpha value is -1.33. The van der Waals surface area contributed by atoms with Crippen molar-refractivity contribution in [2.45, 2.75) is 26.3 Å². The summed E-state index contributed by atoms with van der Waals surface area (Å²) in [4.78, 5) is 4.21. The van der Waals surface area contributed by atoms with Gasteiger partial charge in [-0.2, -0.15) is 0 Å². The van der Waals surface area contributed by atoms with Crippen LogP contribution < -0.4 is 10.6 Å². The van der Waals surface area contributed by atoms with Gasteiger partial charge in [-0.15, -0.1) is 24.0 Å². The molecule has 0 aliphatic rings. The minimum absolute atomic E-state index is 0. The molecule has 0 amide bonds. The summed E-state index contributed by atoms with van der Waals surface area (Å²) in [5.41, 5.74) is 1.26. The van der Waals surface area contributed by atoms with Crippen molar-refractivity contribution in [3.63, 3.8) is 0 Å². The Balaban J connectivity index is 0.00000392. The predicted octanol–water partition coefficient (Wildman–Crippen LogP) is 2.49. The predicted molar refractivity (Wildman–Crippen MR) is 128 cm³/mol. The highest BCUT2D eigenvalue weighted by Gasteiger charge is 2.13. The third kappa shape index (κ3) is 7.59. The standard InChI is InChI=1S/C19H31N5O2S.HI/c1-4-24(27(3,25)26)15-8-13-22-19(20-2)21-12-7-14-23-16-11-17-9-5-6-10-18(17)23;/h5-6,9-11,16H,4,7-8,12-15H2,1-3H3,(H2,20,21,22);1H. The zero-order chi connectivity index (χ0) is 19.7. The Bertz CT molecular complexity index is 851. The number of rotatable bonds is 10. The number of aryl methyl sites for hydroxylation is 1. The first kappa shape index (κ1) is 24.7. The molecule has 158 valence electrons. The summed E-state index contributed by atoms with van der Waals surface area (Å²) in [5, 5.41) is 7.80. The van der Waals surface area contributed by atoms with Gasteiger partial charge in [-0.25, -0.2) is 12.7 Å². The zero-order valence-corrected chi connectivity index (χ0v) is 20.0. The molecule has 28 heavy (non-hydrogen) atoms. The molecule has 0 aliphatic carbocycles. The van der Waals surface area contributed by atoms with Gasteiger partial charge >= 0.3 is 0 Å². The molecular formula is C19H32IN5O2S. The van der Waals surface area contributed by atoms with Crippen molar-refractivity contribution in [1.82, 2.24) is 19.5 Å². The first-order valence-corrected chi connectivity index (χ1v) is 11.2.